The number of hydrogen-bond acceptors (Lipinski definition) is 3. The summed E-state index contributed by atoms with van der Waals surface area (Å²) in [5.41, 5.74) is 0.437. The van der Waals surface area contributed by atoms with E-state index in [-0.39, 0.29) is 17.4 Å². The number of ketones is 1. The summed E-state index contributed by atoms with van der Waals surface area (Å²) >= 11 is 0. The van der Waals surface area contributed by atoms with Gasteiger partial charge in [-0.1, -0.05) is 39.8 Å². The lowest BCUT2D eigenvalue weighted by Crippen LogP contribution is -2.51. The maximum atomic E-state index is 13.2. The second-order valence-corrected chi connectivity index (χ2v) is 13.1. The number of Topliss-reactive ketones (excluding diaryl/α,β-unsaturated/α-hetero) is 1. The van der Waals surface area contributed by atoms with E-state index in [0.717, 1.165) is 25.2 Å². The highest BCUT2D eigenvalue weighted by Gasteiger charge is 2.62. The largest absolute Gasteiger partial charge is 0.393 e. The van der Waals surface area contributed by atoms with Crippen molar-refractivity contribution in [1.82, 2.24) is 4.90 Å². The Kier molecular flexibility index (Phi) is 5.49. The van der Waals surface area contributed by atoms with Gasteiger partial charge in [0.15, 0.2) is 0 Å². The number of likely N-dealkylation sites (tertiary alicyclic amines) is 1. The Labute approximate surface area is 190 Å². The average Bonchev–Trinajstić information content (AvgIpc) is 3.01. The van der Waals surface area contributed by atoms with Crippen molar-refractivity contribution in [2.45, 2.75) is 91.2 Å². The summed E-state index contributed by atoms with van der Waals surface area (Å²) in [6.45, 7) is 11.1. The molecule has 0 spiro atoms. The van der Waals surface area contributed by atoms with Gasteiger partial charge < -0.3 is 10.0 Å². The van der Waals surface area contributed by atoms with Crippen molar-refractivity contribution in [2.75, 3.05) is 13.6 Å². The molecule has 3 heteroatoms. The minimum absolute atomic E-state index is 0.0952. The summed E-state index contributed by atoms with van der Waals surface area (Å²) in [6, 6.07) is 0.706. The zero-order chi connectivity index (χ0) is 22.1. The normalized spacial score (nSPS) is 53.5. The molecule has 0 aromatic carbocycles. The molecular formula is C28H45NO2. The average molecular weight is 428 g/mol. The van der Waals surface area contributed by atoms with E-state index in [2.05, 4.69) is 51.8 Å². The van der Waals surface area contributed by atoms with Gasteiger partial charge in [-0.3, -0.25) is 4.79 Å². The van der Waals surface area contributed by atoms with Crippen LogP contribution in [0.25, 0.3) is 0 Å². The van der Waals surface area contributed by atoms with Crippen LogP contribution in [0.15, 0.2) is 12.2 Å². The summed E-state index contributed by atoms with van der Waals surface area (Å²) in [4.78, 5) is 15.8. The number of rotatable bonds is 2. The number of aliphatic hydroxyl groups is 1. The van der Waals surface area contributed by atoms with Gasteiger partial charge in [0.2, 0.25) is 0 Å². The molecule has 3 nitrogen and oxygen atoms in total. The third-order valence-corrected chi connectivity index (χ3v) is 11.1. The Hall–Kier alpha value is -0.670. The predicted molar refractivity (Wildman–Crippen MR) is 125 cm³/mol. The van der Waals surface area contributed by atoms with Crippen molar-refractivity contribution < 1.29 is 9.90 Å². The second kappa shape index (κ2) is 7.69. The third-order valence-electron chi connectivity index (χ3n) is 11.1. The first kappa shape index (κ1) is 22.1. The van der Waals surface area contributed by atoms with Gasteiger partial charge in [-0.2, -0.15) is 0 Å². The molecule has 0 aromatic heterocycles. The van der Waals surface area contributed by atoms with Crippen molar-refractivity contribution in [3.8, 4) is 0 Å². The summed E-state index contributed by atoms with van der Waals surface area (Å²) in [6.07, 6.45) is 13.5. The molecule has 1 N–H and O–H groups in total. The van der Waals surface area contributed by atoms with Gasteiger partial charge in [0.25, 0.3) is 0 Å². The lowest BCUT2D eigenvalue weighted by Gasteiger charge is -2.52. The van der Waals surface area contributed by atoms with Gasteiger partial charge in [-0.25, -0.2) is 0 Å². The molecule has 11 atom stereocenters. The molecule has 174 valence electrons. The van der Waals surface area contributed by atoms with Gasteiger partial charge in [-0.05, 0) is 98.3 Å². The highest BCUT2D eigenvalue weighted by atomic mass is 16.3. The number of piperidine rings is 1. The number of allylic oxidation sites excluding steroid dienone is 2. The number of fused-ring (bicyclic) bond motifs is 5. The fourth-order valence-corrected chi connectivity index (χ4v) is 9.35. The predicted octanol–water partition coefficient (Wildman–Crippen LogP) is 5.33. The van der Waals surface area contributed by atoms with Gasteiger partial charge in [0.05, 0.1) is 6.10 Å². The van der Waals surface area contributed by atoms with Crippen LogP contribution in [-0.4, -0.2) is 41.5 Å². The Morgan fingerprint density at radius 2 is 1.94 bits per heavy atom. The monoisotopic (exact) mass is 427 g/mol. The fourth-order valence-electron chi connectivity index (χ4n) is 9.35. The summed E-state index contributed by atoms with van der Waals surface area (Å²) in [7, 11) is 2.34. The Bertz CT molecular complexity index is 747. The fraction of sp³-hybridized carbons (Fsp3) is 0.893. The molecule has 31 heavy (non-hydrogen) atoms. The minimum Gasteiger partial charge on any atom is -0.393 e. The number of carbonyl (C=O) groups excluding carboxylic acids is 1. The van der Waals surface area contributed by atoms with Gasteiger partial charge in [-0.15, -0.1) is 0 Å². The van der Waals surface area contributed by atoms with E-state index < -0.39 is 0 Å². The minimum atomic E-state index is -0.266. The number of hydrogen-bond donors (Lipinski definition) is 1. The molecule has 0 radical (unpaired) electrons. The van der Waals surface area contributed by atoms with E-state index in [1.54, 1.807) is 0 Å². The maximum absolute atomic E-state index is 13.2. The lowest BCUT2D eigenvalue weighted by molar-refractivity contribution is -0.144. The molecule has 0 aromatic rings. The van der Waals surface area contributed by atoms with Crippen LogP contribution in [0.5, 0.6) is 0 Å². The quantitative estimate of drug-likeness (QED) is 0.606. The highest BCUT2D eigenvalue weighted by molar-refractivity contribution is 5.83. The van der Waals surface area contributed by atoms with Crippen LogP contribution in [0.1, 0.15) is 79.1 Å². The molecule has 11 unspecified atom stereocenters. The molecular weight excluding hydrogens is 382 g/mol. The molecule has 0 bridgehead atoms. The van der Waals surface area contributed by atoms with Crippen molar-refractivity contribution in [1.29, 1.82) is 0 Å². The first-order chi connectivity index (χ1) is 14.6. The Morgan fingerprint density at radius 1 is 1.16 bits per heavy atom. The molecule has 3 saturated carbocycles. The lowest BCUT2D eigenvalue weighted by atomic mass is 9.52. The van der Waals surface area contributed by atoms with E-state index in [4.69, 9.17) is 0 Å². The SMILES string of the molecule is CC1CCC(C(C)C2C=CC3C4CC(=O)C5CC(O)CCC5(C)C4CC3(C)C2)N(C)C1. The third kappa shape index (κ3) is 3.48. The van der Waals surface area contributed by atoms with Crippen LogP contribution >= 0.6 is 0 Å². The maximum Gasteiger partial charge on any atom is 0.136 e. The van der Waals surface area contributed by atoms with Crippen LogP contribution in [0.4, 0.5) is 0 Å². The van der Waals surface area contributed by atoms with Crippen molar-refractivity contribution >= 4 is 5.78 Å². The topological polar surface area (TPSA) is 40.5 Å². The molecule has 5 aliphatic rings. The Balaban J connectivity index is 1.37. The molecule has 4 aliphatic carbocycles. The standard InChI is InChI=1S/C28H45NO2/c1-17-6-9-25(29(5)16-17)18(2)19-7-8-22-21-13-26(31)23-12-20(30)10-11-28(23,4)24(21)15-27(22,3)14-19/h7-8,17-25,30H,6,9-16H2,1-5H3. The summed E-state index contributed by atoms with van der Waals surface area (Å²) in [5.74, 6) is 4.48. The molecule has 4 fully saturated rings. The van der Waals surface area contributed by atoms with Crippen molar-refractivity contribution in [2.24, 2.45) is 52.3 Å². The first-order valence-electron chi connectivity index (χ1n) is 13.2. The van der Waals surface area contributed by atoms with E-state index >= 15 is 0 Å². The number of carbonyl (C=O) groups is 1. The zero-order valence-electron chi connectivity index (χ0n) is 20.5. The summed E-state index contributed by atoms with van der Waals surface area (Å²) in [5, 5.41) is 10.3. The molecule has 0 amide bonds. The van der Waals surface area contributed by atoms with Crippen molar-refractivity contribution in [3.05, 3.63) is 12.2 Å². The molecule has 5 rings (SSSR count). The van der Waals surface area contributed by atoms with Crippen LogP contribution in [0.3, 0.4) is 0 Å². The first-order valence-corrected chi connectivity index (χ1v) is 13.2. The van der Waals surface area contributed by atoms with Crippen LogP contribution in [0, 0.1) is 52.3 Å². The van der Waals surface area contributed by atoms with E-state index in [0.29, 0.717) is 53.3 Å². The van der Waals surface area contributed by atoms with E-state index in [1.807, 2.05) is 0 Å². The van der Waals surface area contributed by atoms with Gasteiger partial charge >= 0.3 is 0 Å². The van der Waals surface area contributed by atoms with Crippen LogP contribution in [0.2, 0.25) is 0 Å². The molecule has 1 heterocycles. The number of nitrogens with zero attached hydrogens (tertiary/aromatic N) is 1. The molecule has 1 saturated heterocycles. The highest BCUT2D eigenvalue weighted by Crippen LogP contribution is 2.67. The van der Waals surface area contributed by atoms with Crippen LogP contribution < -0.4 is 0 Å². The van der Waals surface area contributed by atoms with Gasteiger partial charge in [0, 0.05) is 24.9 Å². The second-order valence-electron chi connectivity index (χ2n) is 13.1. The van der Waals surface area contributed by atoms with Crippen LogP contribution in [-0.2, 0) is 4.79 Å². The van der Waals surface area contributed by atoms with Gasteiger partial charge in [0.1, 0.15) is 5.78 Å². The Morgan fingerprint density at radius 3 is 2.68 bits per heavy atom. The van der Waals surface area contributed by atoms with E-state index in [1.165, 1.54) is 32.2 Å². The number of aliphatic hydroxyl groups excluding tert-OH is 1. The van der Waals surface area contributed by atoms with Crippen molar-refractivity contribution in [3.63, 3.8) is 0 Å². The summed E-state index contributed by atoms with van der Waals surface area (Å²) < 4.78 is 0. The van der Waals surface area contributed by atoms with E-state index in [9.17, 15) is 9.90 Å². The smallest absolute Gasteiger partial charge is 0.136 e. The zero-order valence-corrected chi connectivity index (χ0v) is 20.5. The molecule has 1 aliphatic heterocycles.